The highest BCUT2D eigenvalue weighted by atomic mass is 16.5. The molecule has 0 aliphatic heterocycles. The van der Waals surface area contributed by atoms with E-state index in [1.165, 1.54) is 77.0 Å². The summed E-state index contributed by atoms with van der Waals surface area (Å²) in [4.78, 5) is 23.6. The van der Waals surface area contributed by atoms with E-state index in [0.29, 0.717) is 13.2 Å². The van der Waals surface area contributed by atoms with Crippen LogP contribution >= 0.6 is 0 Å². The lowest BCUT2D eigenvalue weighted by Crippen LogP contribution is -2.33. The van der Waals surface area contributed by atoms with E-state index in [-0.39, 0.29) is 18.8 Å². The summed E-state index contributed by atoms with van der Waals surface area (Å²) >= 11 is 0. The molecule has 0 aromatic carbocycles. The van der Waals surface area contributed by atoms with Crippen molar-refractivity contribution in [2.24, 2.45) is 5.73 Å². The number of ether oxygens (including phenoxy) is 2. The zero-order valence-electron chi connectivity index (χ0n) is 19.9. The number of rotatable bonds is 22. The van der Waals surface area contributed by atoms with E-state index in [1.807, 2.05) is 0 Å². The summed E-state index contributed by atoms with van der Waals surface area (Å²) in [5.74, 6) is -0.684. The predicted molar refractivity (Wildman–Crippen MR) is 124 cm³/mol. The van der Waals surface area contributed by atoms with Crippen molar-refractivity contribution < 1.29 is 19.1 Å². The van der Waals surface area contributed by atoms with Crippen LogP contribution in [0.1, 0.15) is 129 Å². The monoisotopic (exact) mass is 427 g/mol. The normalized spacial score (nSPS) is 12.0. The van der Waals surface area contributed by atoms with Crippen LogP contribution in [0.2, 0.25) is 0 Å². The third-order valence-electron chi connectivity index (χ3n) is 5.47. The van der Waals surface area contributed by atoms with E-state index >= 15 is 0 Å². The fourth-order valence-electron chi connectivity index (χ4n) is 3.40. The summed E-state index contributed by atoms with van der Waals surface area (Å²) < 4.78 is 10.4. The molecule has 0 bridgehead atoms. The third kappa shape index (κ3) is 20.2. The van der Waals surface area contributed by atoms with Crippen LogP contribution in [0.15, 0.2) is 0 Å². The summed E-state index contributed by atoms with van der Waals surface area (Å²) in [5, 5.41) is 0. The Balaban J connectivity index is 3.46. The van der Waals surface area contributed by atoms with Gasteiger partial charge in [-0.2, -0.15) is 0 Å². The topological polar surface area (TPSA) is 78.6 Å². The van der Waals surface area contributed by atoms with E-state index in [1.54, 1.807) is 0 Å². The summed E-state index contributed by atoms with van der Waals surface area (Å²) in [6, 6.07) is -0.741. The van der Waals surface area contributed by atoms with Gasteiger partial charge in [0.15, 0.2) is 0 Å². The summed E-state index contributed by atoms with van der Waals surface area (Å²) in [7, 11) is 0. The molecule has 0 saturated carbocycles. The van der Waals surface area contributed by atoms with Crippen molar-refractivity contribution >= 4 is 11.9 Å². The zero-order valence-corrected chi connectivity index (χ0v) is 19.9. The molecule has 0 amide bonds. The van der Waals surface area contributed by atoms with Crippen molar-refractivity contribution in [3.63, 3.8) is 0 Å². The minimum atomic E-state index is -0.741. The molecule has 0 aliphatic rings. The van der Waals surface area contributed by atoms with E-state index in [2.05, 4.69) is 13.8 Å². The van der Waals surface area contributed by atoms with Crippen LogP contribution in [0.25, 0.3) is 0 Å². The quantitative estimate of drug-likeness (QED) is 0.158. The Morgan fingerprint density at radius 1 is 0.633 bits per heavy atom. The van der Waals surface area contributed by atoms with Gasteiger partial charge in [-0.3, -0.25) is 9.59 Å². The Morgan fingerprint density at radius 2 is 1.03 bits per heavy atom. The summed E-state index contributed by atoms with van der Waals surface area (Å²) in [5.41, 5.74) is 5.82. The van der Waals surface area contributed by atoms with Crippen molar-refractivity contribution in [3.05, 3.63) is 0 Å². The van der Waals surface area contributed by atoms with E-state index in [9.17, 15) is 9.59 Å². The molecule has 0 aliphatic carbocycles. The third-order valence-corrected chi connectivity index (χ3v) is 5.47. The first kappa shape index (κ1) is 28.9. The van der Waals surface area contributed by atoms with E-state index < -0.39 is 12.0 Å². The Labute approximate surface area is 185 Å². The average Bonchev–Trinajstić information content (AvgIpc) is 2.75. The molecule has 0 radical (unpaired) electrons. The Kier molecular flexibility index (Phi) is 21.8. The molecule has 5 heteroatoms. The van der Waals surface area contributed by atoms with Gasteiger partial charge in [0.2, 0.25) is 0 Å². The van der Waals surface area contributed by atoms with Gasteiger partial charge in [0.25, 0.3) is 0 Å². The largest absolute Gasteiger partial charge is 0.466 e. The molecule has 0 unspecified atom stereocenters. The van der Waals surface area contributed by atoms with Crippen LogP contribution in [0, 0.1) is 0 Å². The first-order chi connectivity index (χ1) is 14.6. The maximum Gasteiger partial charge on any atom is 0.322 e. The SMILES string of the molecule is CCCCCCCCCCCCOC(=O)CC[C@H](N)C(=O)OCCCCCCCC. The van der Waals surface area contributed by atoms with Gasteiger partial charge in [-0.15, -0.1) is 0 Å². The molecule has 0 saturated heterocycles. The molecule has 1 atom stereocenters. The number of unbranched alkanes of at least 4 members (excludes halogenated alkanes) is 14. The van der Waals surface area contributed by atoms with Gasteiger partial charge in [-0.1, -0.05) is 104 Å². The lowest BCUT2D eigenvalue weighted by atomic mass is 10.1. The highest BCUT2D eigenvalue weighted by Gasteiger charge is 2.17. The Morgan fingerprint density at radius 3 is 1.50 bits per heavy atom. The van der Waals surface area contributed by atoms with Crippen molar-refractivity contribution in [1.29, 1.82) is 0 Å². The molecule has 0 aromatic heterocycles. The van der Waals surface area contributed by atoms with Gasteiger partial charge in [-0.25, -0.2) is 0 Å². The number of carbonyl (C=O) groups excluding carboxylic acids is 2. The zero-order chi connectivity index (χ0) is 22.3. The Bertz CT molecular complexity index is 401. The van der Waals surface area contributed by atoms with Gasteiger partial charge >= 0.3 is 11.9 Å². The average molecular weight is 428 g/mol. The minimum Gasteiger partial charge on any atom is -0.466 e. The number of nitrogens with two attached hydrogens (primary N) is 1. The second-order valence-electron chi connectivity index (χ2n) is 8.48. The smallest absolute Gasteiger partial charge is 0.322 e. The second-order valence-corrected chi connectivity index (χ2v) is 8.48. The van der Waals surface area contributed by atoms with Crippen LogP contribution in [-0.4, -0.2) is 31.2 Å². The number of hydrogen-bond donors (Lipinski definition) is 1. The van der Waals surface area contributed by atoms with E-state index in [0.717, 1.165) is 25.7 Å². The first-order valence-corrected chi connectivity index (χ1v) is 12.7. The van der Waals surface area contributed by atoms with Crippen molar-refractivity contribution in [2.45, 2.75) is 135 Å². The maximum absolute atomic E-state index is 11.9. The molecule has 0 fully saturated rings. The van der Waals surface area contributed by atoms with E-state index in [4.69, 9.17) is 15.2 Å². The minimum absolute atomic E-state index is 0.172. The number of esters is 2. The lowest BCUT2D eigenvalue weighted by Gasteiger charge is -2.11. The molecule has 5 nitrogen and oxygen atoms in total. The van der Waals surface area contributed by atoms with Gasteiger partial charge in [0.1, 0.15) is 6.04 Å². The molecule has 0 aromatic rings. The Hall–Kier alpha value is -1.10. The second kappa shape index (κ2) is 22.6. The van der Waals surface area contributed by atoms with Crippen LogP contribution in [0.4, 0.5) is 0 Å². The van der Waals surface area contributed by atoms with Crippen molar-refractivity contribution in [3.8, 4) is 0 Å². The molecular formula is C25H49NO4. The summed E-state index contributed by atoms with van der Waals surface area (Å²) in [6.45, 7) is 5.32. The standard InChI is InChI=1S/C25H49NO4/c1-3-5-7-9-11-12-13-14-16-17-21-29-24(27)20-19-23(26)25(28)30-22-18-15-10-8-6-4-2/h23H,3-22,26H2,1-2H3/t23-/m0/s1. The van der Waals surface area contributed by atoms with Crippen molar-refractivity contribution in [1.82, 2.24) is 0 Å². The molecule has 30 heavy (non-hydrogen) atoms. The first-order valence-electron chi connectivity index (χ1n) is 12.7. The molecule has 178 valence electrons. The molecular weight excluding hydrogens is 378 g/mol. The maximum atomic E-state index is 11.9. The lowest BCUT2D eigenvalue weighted by molar-refractivity contribution is -0.146. The van der Waals surface area contributed by atoms with Gasteiger partial charge in [0, 0.05) is 6.42 Å². The highest BCUT2D eigenvalue weighted by Crippen LogP contribution is 2.11. The van der Waals surface area contributed by atoms with Gasteiger partial charge in [0.05, 0.1) is 13.2 Å². The van der Waals surface area contributed by atoms with Gasteiger partial charge < -0.3 is 15.2 Å². The molecule has 0 spiro atoms. The predicted octanol–water partition coefficient (Wildman–Crippen LogP) is 6.46. The molecule has 0 rings (SSSR count). The fraction of sp³-hybridized carbons (Fsp3) is 0.920. The summed E-state index contributed by atoms with van der Waals surface area (Å²) in [6.07, 6.45) is 19.9. The van der Waals surface area contributed by atoms with Crippen LogP contribution < -0.4 is 5.73 Å². The number of hydrogen-bond acceptors (Lipinski definition) is 5. The molecule has 0 heterocycles. The highest BCUT2D eigenvalue weighted by molar-refractivity contribution is 5.77. The van der Waals surface area contributed by atoms with Crippen LogP contribution in [0.5, 0.6) is 0 Å². The number of carbonyl (C=O) groups is 2. The van der Waals surface area contributed by atoms with Gasteiger partial charge in [-0.05, 0) is 19.3 Å². The molecule has 2 N–H and O–H groups in total. The van der Waals surface area contributed by atoms with Crippen LogP contribution in [0.3, 0.4) is 0 Å². The van der Waals surface area contributed by atoms with Crippen LogP contribution in [-0.2, 0) is 19.1 Å². The van der Waals surface area contributed by atoms with Crippen molar-refractivity contribution in [2.75, 3.05) is 13.2 Å². The fourth-order valence-corrected chi connectivity index (χ4v) is 3.40.